The van der Waals surface area contributed by atoms with E-state index in [-0.39, 0.29) is 0 Å². The SMILES string of the molecule is COc1ncc(CCN2CCCC2)c(C)n1. The average molecular weight is 221 g/mol. The molecule has 0 amide bonds. The number of aromatic nitrogens is 2. The van der Waals surface area contributed by atoms with Gasteiger partial charge in [-0.15, -0.1) is 0 Å². The molecule has 1 aromatic heterocycles. The van der Waals surface area contributed by atoms with E-state index in [9.17, 15) is 0 Å². The molecular formula is C12H19N3O. The second-order valence-corrected chi connectivity index (χ2v) is 4.27. The summed E-state index contributed by atoms with van der Waals surface area (Å²) in [6.07, 6.45) is 5.61. The highest BCUT2D eigenvalue weighted by molar-refractivity contribution is 5.18. The van der Waals surface area contributed by atoms with Crippen LogP contribution in [0.15, 0.2) is 6.20 Å². The van der Waals surface area contributed by atoms with E-state index in [2.05, 4.69) is 14.9 Å². The lowest BCUT2D eigenvalue weighted by Crippen LogP contribution is -2.22. The molecular weight excluding hydrogens is 202 g/mol. The van der Waals surface area contributed by atoms with Gasteiger partial charge in [0.25, 0.3) is 0 Å². The first-order valence-electron chi connectivity index (χ1n) is 5.88. The first-order valence-corrected chi connectivity index (χ1v) is 5.88. The lowest BCUT2D eigenvalue weighted by Gasteiger charge is -2.14. The Morgan fingerprint density at radius 2 is 2.12 bits per heavy atom. The number of hydrogen-bond acceptors (Lipinski definition) is 4. The van der Waals surface area contributed by atoms with Crippen LogP contribution in [0.3, 0.4) is 0 Å². The van der Waals surface area contributed by atoms with E-state index in [1.54, 1.807) is 7.11 Å². The van der Waals surface area contributed by atoms with Gasteiger partial charge in [-0.25, -0.2) is 9.97 Å². The van der Waals surface area contributed by atoms with Gasteiger partial charge in [-0.3, -0.25) is 0 Å². The summed E-state index contributed by atoms with van der Waals surface area (Å²) in [6, 6.07) is 0.461. The van der Waals surface area contributed by atoms with Crippen molar-refractivity contribution in [3.05, 3.63) is 17.5 Å². The Morgan fingerprint density at radius 1 is 1.38 bits per heavy atom. The Hall–Kier alpha value is -1.16. The second kappa shape index (κ2) is 5.25. The van der Waals surface area contributed by atoms with Gasteiger partial charge >= 0.3 is 6.01 Å². The number of nitrogens with zero attached hydrogens (tertiary/aromatic N) is 3. The fraction of sp³-hybridized carbons (Fsp3) is 0.667. The zero-order valence-corrected chi connectivity index (χ0v) is 10.1. The van der Waals surface area contributed by atoms with Crippen molar-refractivity contribution in [3.63, 3.8) is 0 Å². The molecule has 0 bridgehead atoms. The van der Waals surface area contributed by atoms with Gasteiger partial charge in [0.15, 0.2) is 0 Å². The normalized spacial score (nSPS) is 16.6. The van der Waals surface area contributed by atoms with Crippen molar-refractivity contribution in [2.45, 2.75) is 26.2 Å². The molecule has 1 aromatic rings. The van der Waals surface area contributed by atoms with Crippen LogP contribution < -0.4 is 4.74 Å². The lowest BCUT2D eigenvalue weighted by molar-refractivity contribution is 0.342. The number of ether oxygens (including phenoxy) is 1. The summed E-state index contributed by atoms with van der Waals surface area (Å²) >= 11 is 0. The van der Waals surface area contributed by atoms with Crippen LogP contribution in [0.2, 0.25) is 0 Å². The Bertz CT molecular complexity index is 348. The van der Waals surface area contributed by atoms with Gasteiger partial charge in [-0.05, 0) is 44.8 Å². The maximum atomic E-state index is 5.00. The minimum absolute atomic E-state index is 0.461. The predicted molar refractivity (Wildman–Crippen MR) is 62.7 cm³/mol. The van der Waals surface area contributed by atoms with Crippen LogP contribution >= 0.6 is 0 Å². The topological polar surface area (TPSA) is 38.2 Å². The first-order chi connectivity index (χ1) is 7.79. The molecule has 0 aliphatic carbocycles. The van der Waals surface area contributed by atoms with Gasteiger partial charge in [0.05, 0.1) is 7.11 Å². The minimum Gasteiger partial charge on any atom is -0.467 e. The van der Waals surface area contributed by atoms with Gasteiger partial charge in [0.1, 0.15) is 0 Å². The molecule has 4 heteroatoms. The molecule has 0 spiro atoms. The third kappa shape index (κ3) is 2.70. The molecule has 1 aliphatic heterocycles. The molecule has 1 fully saturated rings. The Labute approximate surface area is 96.7 Å². The van der Waals surface area contributed by atoms with Crippen molar-refractivity contribution in [2.75, 3.05) is 26.7 Å². The van der Waals surface area contributed by atoms with Crippen molar-refractivity contribution in [3.8, 4) is 6.01 Å². The number of hydrogen-bond donors (Lipinski definition) is 0. The van der Waals surface area contributed by atoms with E-state index in [1.165, 1.54) is 31.5 Å². The molecule has 0 radical (unpaired) electrons. The molecule has 4 nitrogen and oxygen atoms in total. The zero-order chi connectivity index (χ0) is 11.4. The van der Waals surface area contributed by atoms with Crippen molar-refractivity contribution in [1.82, 2.24) is 14.9 Å². The van der Waals surface area contributed by atoms with E-state index in [0.717, 1.165) is 18.7 Å². The quantitative estimate of drug-likeness (QED) is 0.771. The number of methoxy groups -OCH3 is 1. The lowest BCUT2D eigenvalue weighted by atomic mass is 10.2. The fourth-order valence-corrected chi connectivity index (χ4v) is 2.10. The Kier molecular flexibility index (Phi) is 3.72. The summed E-state index contributed by atoms with van der Waals surface area (Å²) in [5.41, 5.74) is 2.26. The minimum atomic E-state index is 0.461. The summed E-state index contributed by atoms with van der Waals surface area (Å²) in [5, 5.41) is 0. The van der Waals surface area contributed by atoms with Gasteiger partial charge in [-0.2, -0.15) is 0 Å². The Morgan fingerprint density at radius 3 is 2.75 bits per heavy atom. The van der Waals surface area contributed by atoms with Gasteiger partial charge in [0.2, 0.25) is 0 Å². The largest absolute Gasteiger partial charge is 0.467 e. The van der Waals surface area contributed by atoms with Gasteiger partial charge in [0, 0.05) is 18.4 Å². The second-order valence-electron chi connectivity index (χ2n) is 4.27. The number of aryl methyl sites for hydroxylation is 1. The molecule has 0 unspecified atom stereocenters. The van der Waals surface area contributed by atoms with Crippen LogP contribution in [-0.4, -0.2) is 41.6 Å². The van der Waals surface area contributed by atoms with Crippen molar-refractivity contribution >= 4 is 0 Å². The molecule has 1 aliphatic rings. The molecule has 2 rings (SSSR count). The highest BCUT2D eigenvalue weighted by atomic mass is 16.5. The third-order valence-electron chi connectivity index (χ3n) is 3.14. The average Bonchev–Trinajstić information content (AvgIpc) is 2.80. The summed E-state index contributed by atoms with van der Waals surface area (Å²) in [6.45, 7) is 5.63. The molecule has 88 valence electrons. The Balaban J connectivity index is 1.93. The number of likely N-dealkylation sites (tertiary alicyclic amines) is 1. The molecule has 0 aromatic carbocycles. The molecule has 16 heavy (non-hydrogen) atoms. The van der Waals surface area contributed by atoms with Crippen LogP contribution in [0, 0.1) is 6.92 Å². The fourth-order valence-electron chi connectivity index (χ4n) is 2.10. The van der Waals surface area contributed by atoms with Gasteiger partial charge < -0.3 is 9.64 Å². The molecule has 2 heterocycles. The summed E-state index contributed by atoms with van der Waals surface area (Å²) in [4.78, 5) is 10.9. The van der Waals surface area contributed by atoms with E-state index < -0.39 is 0 Å². The molecule has 0 saturated carbocycles. The number of rotatable bonds is 4. The van der Waals surface area contributed by atoms with Crippen molar-refractivity contribution in [2.24, 2.45) is 0 Å². The monoisotopic (exact) mass is 221 g/mol. The van der Waals surface area contributed by atoms with Crippen LogP contribution in [0.5, 0.6) is 6.01 Å². The smallest absolute Gasteiger partial charge is 0.316 e. The van der Waals surface area contributed by atoms with E-state index in [0.29, 0.717) is 6.01 Å². The molecule has 1 saturated heterocycles. The van der Waals surface area contributed by atoms with Crippen LogP contribution in [0.25, 0.3) is 0 Å². The molecule has 0 atom stereocenters. The third-order valence-corrected chi connectivity index (χ3v) is 3.14. The highest BCUT2D eigenvalue weighted by Gasteiger charge is 2.12. The summed E-state index contributed by atoms with van der Waals surface area (Å²) in [5.74, 6) is 0. The zero-order valence-electron chi connectivity index (χ0n) is 10.1. The predicted octanol–water partition coefficient (Wildman–Crippen LogP) is 1.43. The highest BCUT2D eigenvalue weighted by Crippen LogP contribution is 2.12. The van der Waals surface area contributed by atoms with Gasteiger partial charge in [-0.1, -0.05) is 0 Å². The van der Waals surface area contributed by atoms with E-state index >= 15 is 0 Å². The van der Waals surface area contributed by atoms with Crippen LogP contribution in [0.1, 0.15) is 24.1 Å². The maximum absolute atomic E-state index is 5.00. The van der Waals surface area contributed by atoms with E-state index in [1.807, 2.05) is 13.1 Å². The van der Waals surface area contributed by atoms with Crippen LogP contribution in [0.4, 0.5) is 0 Å². The van der Waals surface area contributed by atoms with Crippen molar-refractivity contribution in [1.29, 1.82) is 0 Å². The van der Waals surface area contributed by atoms with E-state index in [4.69, 9.17) is 4.74 Å². The standard InChI is InChI=1S/C12H19N3O/c1-10-11(9-13-12(14-10)16-2)5-8-15-6-3-4-7-15/h9H,3-8H2,1-2H3. The summed E-state index contributed by atoms with van der Waals surface area (Å²) in [7, 11) is 1.60. The maximum Gasteiger partial charge on any atom is 0.316 e. The first kappa shape index (κ1) is 11.3. The van der Waals surface area contributed by atoms with Crippen LogP contribution in [-0.2, 0) is 6.42 Å². The van der Waals surface area contributed by atoms with Crippen molar-refractivity contribution < 1.29 is 4.74 Å². The molecule has 0 N–H and O–H groups in total. The summed E-state index contributed by atoms with van der Waals surface area (Å²) < 4.78 is 5.00.